The fourth-order valence-corrected chi connectivity index (χ4v) is 3.38. The summed E-state index contributed by atoms with van der Waals surface area (Å²) in [6.07, 6.45) is 3.67. The van der Waals surface area contributed by atoms with Crippen LogP contribution in [0.5, 0.6) is 0 Å². The molecule has 0 unspecified atom stereocenters. The minimum Gasteiger partial charge on any atom is -0.388 e. The number of urea groups is 1. The van der Waals surface area contributed by atoms with E-state index in [1.807, 2.05) is 54.3 Å². The Bertz CT molecular complexity index is 705. The first-order valence-electron chi connectivity index (χ1n) is 8.83. The van der Waals surface area contributed by atoms with Crippen LogP contribution >= 0.6 is 0 Å². The van der Waals surface area contributed by atoms with E-state index < -0.39 is 6.10 Å². The quantitative estimate of drug-likeness (QED) is 0.879. The average molecular weight is 339 g/mol. The van der Waals surface area contributed by atoms with Crippen molar-refractivity contribution >= 4 is 6.03 Å². The monoisotopic (exact) mass is 339 g/mol. The Morgan fingerprint density at radius 3 is 2.88 bits per heavy atom. The van der Waals surface area contributed by atoms with Gasteiger partial charge in [0.15, 0.2) is 0 Å². The molecule has 0 aliphatic carbocycles. The predicted molar refractivity (Wildman–Crippen MR) is 97.0 cm³/mol. The van der Waals surface area contributed by atoms with Crippen molar-refractivity contribution in [1.29, 1.82) is 0 Å². The normalized spacial score (nSPS) is 18.2. The summed E-state index contributed by atoms with van der Waals surface area (Å²) in [7, 11) is 0. The molecule has 0 saturated carbocycles. The van der Waals surface area contributed by atoms with E-state index in [1.165, 1.54) is 0 Å². The third-order valence-corrected chi connectivity index (χ3v) is 4.84. The molecule has 5 heteroatoms. The maximum atomic E-state index is 12.6. The van der Waals surface area contributed by atoms with Crippen molar-refractivity contribution in [1.82, 2.24) is 15.2 Å². The highest BCUT2D eigenvalue weighted by Gasteiger charge is 2.30. The van der Waals surface area contributed by atoms with Crippen molar-refractivity contribution in [3.05, 3.63) is 65.5 Å². The highest BCUT2D eigenvalue weighted by molar-refractivity contribution is 5.74. The van der Waals surface area contributed by atoms with Gasteiger partial charge >= 0.3 is 6.03 Å². The van der Waals surface area contributed by atoms with Gasteiger partial charge in [0.05, 0.1) is 18.3 Å². The van der Waals surface area contributed by atoms with Crippen LogP contribution in [0.25, 0.3) is 0 Å². The number of aliphatic hydroxyl groups excluding tert-OH is 1. The predicted octanol–water partition coefficient (Wildman–Crippen LogP) is 3.19. The van der Waals surface area contributed by atoms with Gasteiger partial charge in [0.25, 0.3) is 0 Å². The van der Waals surface area contributed by atoms with E-state index in [2.05, 4.69) is 10.3 Å². The summed E-state index contributed by atoms with van der Waals surface area (Å²) >= 11 is 0. The van der Waals surface area contributed by atoms with Crippen LogP contribution in [0.15, 0.2) is 48.7 Å². The number of pyridine rings is 1. The lowest BCUT2D eigenvalue weighted by Crippen LogP contribution is -2.43. The number of aliphatic hydroxyl groups is 1. The minimum absolute atomic E-state index is 0.0695. The number of aromatic nitrogens is 1. The summed E-state index contributed by atoms with van der Waals surface area (Å²) < 4.78 is 0. The molecule has 1 fully saturated rings. The average Bonchev–Trinajstić information content (AvgIpc) is 3.09. The molecule has 132 valence electrons. The second kappa shape index (κ2) is 8.12. The van der Waals surface area contributed by atoms with Gasteiger partial charge in [0, 0.05) is 18.8 Å². The summed E-state index contributed by atoms with van der Waals surface area (Å²) in [5.41, 5.74) is 2.86. The van der Waals surface area contributed by atoms with E-state index in [1.54, 1.807) is 6.20 Å². The van der Waals surface area contributed by atoms with Crippen molar-refractivity contribution in [3.8, 4) is 0 Å². The van der Waals surface area contributed by atoms with Crippen LogP contribution in [0.2, 0.25) is 0 Å². The molecule has 2 amide bonds. The topological polar surface area (TPSA) is 65.5 Å². The summed E-state index contributed by atoms with van der Waals surface area (Å²) in [4.78, 5) is 18.7. The molecule has 2 N–H and O–H groups in total. The Labute approximate surface area is 148 Å². The minimum atomic E-state index is -0.544. The van der Waals surface area contributed by atoms with Crippen molar-refractivity contribution in [3.63, 3.8) is 0 Å². The first-order chi connectivity index (χ1) is 12.1. The summed E-state index contributed by atoms with van der Waals surface area (Å²) in [5.74, 6) is 0. The number of hydrogen-bond donors (Lipinski definition) is 2. The van der Waals surface area contributed by atoms with Gasteiger partial charge in [-0.1, -0.05) is 36.4 Å². The number of aryl methyl sites for hydroxylation is 1. The highest BCUT2D eigenvalue weighted by Crippen LogP contribution is 2.27. The Morgan fingerprint density at radius 2 is 2.12 bits per heavy atom. The lowest BCUT2D eigenvalue weighted by molar-refractivity contribution is 0.126. The van der Waals surface area contributed by atoms with Gasteiger partial charge in [-0.15, -0.1) is 0 Å². The van der Waals surface area contributed by atoms with Crippen LogP contribution in [0, 0.1) is 6.92 Å². The van der Waals surface area contributed by atoms with Gasteiger partial charge in [-0.05, 0) is 43.4 Å². The number of rotatable bonds is 5. The molecule has 0 bridgehead atoms. The summed E-state index contributed by atoms with van der Waals surface area (Å²) in [5, 5.41) is 13.4. The van der Waals surface area contributed by atoms with E-state index >= 15 is 0 Å². The van der Waals surface area contributed by atoms with Gasteiger partial charge in [0.1, 0.15) is 0 Å². The van der Waals surface area contributed by atoms with Crippen LogP contribution in [-0.2, 0) is 6.54 Å². The van der Waals surface area contributed by atoms with Gasteiger partial charge in [-0.2, -0.15) is 0 Å². The van der Waals surface area contributed by atoms with Crippen LogP contribution in [0.1, 0.15) is 42.2 Å². The van der Waals surface area contributed by atoms with Gasteiger partial charge in [-0.25, -0.2) is 4.79 Å². The third-order valence-electron chi connectivity index (χ3n) is 4.84. The van der Waals surface area contributed by atoms with Crippen LogP contribution in [-0.4, -0.2) is 33.6 Å². The Morgan fingerprint density at radius 1 is 1.32 bits per heavy atom. The van der Waals surface area contributed by atoms with Crippen molar-refractivity contribution < 1.29 is 9.90 Å². The SMILES string of the molecule is Cc1cccnc1CNC(=O)N1CCC[C@H]1C[C@@H](O)c1ccccc1. The molecular weight excluding hydrogens is 314 g/mol. The van der Waals surface area contributed by atoms with Crippen LogP contribution in [0.3, 0.4) is 0 Å². The van der Waals surface area contributed by atoms with Crippen LogP contribution in [0.4, 0.5) is 4.79 Å². The molecule has 5 nitrogen and oxygen atoms in total. The van der Waals surface area contributed by atoms with Crippen molar-refractivity contribution in [2.24, 2.45) is 0 Å². The Hall–Kier alpha value is -2.40. The molecule has 2 heterocycles. The van der Waals surface area contributed by atoms with E-state index in [4.69, 9.17) is 0 Å². The maximum absolute atomic E-state index is 12.6. The van der Waals surface area contributed by atoms with E-state index in [9.17, 15) is 9.90 Å². The summed E-state index contributed by atoms with van der Waals surface area (Å²) in [6, 6.07) is 13.5. The van der Waals surface area contributed by atoms with E-state index in [-0.39, 0.29) is 12.1 Å². The fourth-order valence-electron chi connectivity index (χ4n) is 3.38. The van der Waals surface area contributed by atoms with E-state index in [0.717, 1.165) is 36.2 Å². The highest BCUT2D eigenvalue weighted by atomic mass is 16.3. The standard InChI is InChI=1S/C20H25N3O2/c1-15-7-5-11-21-18(15)14-22-20(25)23-12-6-10-17(23)13-19(24)16-8-3-2-4-9-16/h2-5,7-9,11,17,19,24H,6,10,12-14H2,1H3,(H,22,25)/t17-,19+/m0/s1. The second-order valence-corrected chi connectivity index (χ2v) is 6.58. The van der Waals surface area contributed by atoms with E-state index in [0.29, 0.717) is 13.0 Å². The zero-order valence-corrected chi connectivity index (χ0v) is 14.6. The lowest BCUT2D eigenvalue weighted by atomic mass is 10.0. The Kier molecular flexibility index (Phi) is 5.66. The fraction of sp³-hybridized carbons (Fsp3) is 0.400. The number of benzene rings is 1. The molecule has 1 aromatic heterocycles. The lowest BCUT2D eigenvalue weighted by Gasteiger charge is -2.27. The van der Waals surface area contributed by atoms with Crippen molar-refractivity contribution in [2.75, 3.05) is 6.54 Å². The second-order valence-electron chi connectivity index (χ2n) is 6.58. The molecule has 1 aromatic carbocycles. The molecule has 2 atom stereocenters. The number of carbonyl (C=O) groups excluding carboxylic acids is 1. The zero-order chi connectivity index (χ0) is 17.6. The largest absolute Gasteiger partial charge is 0.388 e. The molecule has 3 rings (SSSR count). The molecule has 0 radical (unpaired) electrons. The van der Waals surface area contributed by atoms with Gasteiger partial charge in [0.2, 0.25) is 0 Å². The van der Waals surface area contributed by atoms with Gasteiger partial charge < -0.3 is 15.3 Å². The molecule has 1 aliphatic rings. The molecular formula is C20H25N3O2. The van der Waals surface area contributed by atoms with Crippen LogP contribution < -0.4 is 5.32 Å². The number of amides is 2. The number of nitrogens with zero attached hydrogens (tertiary/aromatic N) is 2. The first-order valence-corrected chi connectivity index (χ1v) is 8.83. The molecule has 25 heavy (non-hydrogen) atoms. The third kappa shape index (κ3) is 4.37. The van der Waals surface area contributed by atoms with Gasteiger partial charge in [-0.3, -0.25) is 4.98 Å². The molecule has 1 aliphatic heterocycles. The maximum Gasteiger partial charge on any atom is 0.317 e. The molecule has 2 aromatic rings. The number of nitrogens with one attached hydrogen (secondary N) is 1. The number of carbonyl (C=O) groups is 1. The molecule has 1 saturated heterocycles. The smallest absolute Gasteiger partial charge is 0.317 e. The first kappa shape index (κ1) is 17.4. The zero-order valence-electron chi connectivity index (χ0n) is 14.6. The Balaban J connectivity index is 1.57. The molecule has 0 spiro atoms. The number of hydrogen-bond acceptors (Lipinski definition) is 3. The van der Waals surface area contributed by atoms with Crippen molar-refractivity contribution in [2.45, 2.75) is 44.9 Å². The number of likely N-dealkylation sites (tertiary alicyclic amines) is 1. The summed E-state index contributed by atoms with van der Waals surface area (Å²) in [6.45, 7) is 3.15.